The molecule has 58 heavy (non-hydrogen) atoms. The highest BCUT2D eigenvalue weighted by atomic mass is 32.2. The van der Waals surface area contributed by atoms with Crippen LogP contribution in [0.3, 0.4) is 0 Å². The SMILES string of the molecule is C#CCO[C@@H]1O[C@H](COC(=O)c2ccccc2)[C@@H](S[C@@H]2O[C@@H](C)[C@H](OC(C)=O)[C@@H](OC(C)=O)[C@H]2OC(C)=O)[C@H](OC(=O)c2ccccc2)[C@H]1OC(=O)c1ccccc1. The van der Waals surface area contributed by atoms with E-state index < -0.39 is 102 Å². The Labute approximate surface area is 338 Å². The van der Waals surface area contributed by atoms with Gasteiger partial charge >= 0.3 is 35.8 Å². The molecule has 0 amide bonds. The van der Waals surface area contributed by atoms with E-state index in [1.165, 1.54) is 24.3 Å². The predicted molar refractivity (Wildman–Crippen MR) is 204 cm³/mol. The summed E-state index contributed by atoms with van der Waals surface area (Å²) >= 11 is 0.889. The lowest BCUT2D eigenvalue weighted by Gasteiger charge is -2.48. The Kier molecular flexibility index (Phi) is 15.4. The number of terminal acetylenes is 1. The molecule has 0 radical (unpaired) electrons. The van der Waals surface area contributed by atoms with Crippen LogP contribution in [0.15, 0.2) is 91.0 Å². The topological polar surface area (TPSA) is 185 Å². The molecule has 0 aromatic heterocycles. The van der Waals surface area contributed by atoms with Crippen molar-refractivity contribution in [3.8, 4) is 12.3 Å². The van der Waals surface area contributed by atoms with E-state index in [2.05, 4.69) is 5.92 Å². The summed E-state index contributed by atoms with van der Waals surface area (Å²) in [6, 6.07) is 24.1. The van der Waals surface area contributed by atoms with Crippen molar-refractivity contribution in [1.82, 2.24) is 0 Å². The summed E-state index contributed by atoms with van der Waals surface area (Å²) in [5.74, 6) is -2.34. The monoisotopic (exact) mass is 818 g/mol. The van der Waals surface area contributed by atoms with Gasteiger partial charge in [-0.2, -0.15) is 0 Å². The van der Waals surface area contributed by atoms with Crippen LogP contribution in [0.2, 0.25) is 0 Å². The first-order valence-corrected chi connectivity index (χ1v) is 19.1. The van der Waals surface area contributed by atoms with Gasteiger partial charge < -0.3 is 42.6 Å². The lowest BCUT2D eigenvalue weighted by molar-refractivity contribution is -0.263. The van der Waals surface area contributed by atoms with Crippen LogP contribution < -0.4 is 0 Å². The van der Waals surface area contributed by atoms with Crippen LogP contribution in [0.25, 0.3) is 0 Å². The van der Waals surface area contributed by atoms with Crippen molar-refractivity contribution in [2.75, 3.05) is 13.2 Å². The molecule has 0 spiro atoms. The highest BCUT2D eigenvalue weighted by Crippen LogP contribution is 2.42. The molecule has 0 bridgehead atoms. The zero-order valence-corrected chi connectivity index (χ0v) is 32.8. The molecule has 2 fully saturated rings. The normalized spacial score (nSPS) is 26.5. The van der Waals surface area contributed by atoms with Gasteiger partial charge in [0, 0.05) is 20.8 Å². The van der Waals surface area contributed by atoms with Crippen molar-refractivity contribution < 1.29 is 71.4 Å². The van der Waals surface area contributed by atoms with Crippen molar-refractivity contribution in [3.05, 3.63) is 108 Å². The maximum absolute atomic E-state index is 13.9. The van der Waals surface area contributed by atoms with Crippen LogP contribution in [0.1, 0.15) is 58.8 Å². The van der Waals surface area contributed by atoms with Crippen LogP contribution in [0.4, 0.5) is 0 Å². The number of hydrogen-bond donors (Lipinski definition) is 0. The second-order valence-electron chi connectivity index (χ2n) is 13.0. The molecular weight excluding hydrogens is 777 g/mol. The third kappa shape index (κ3) is 11.4. The smallest absolute Gasteiger partial charge is 0.338 e. The highest BCUT2D eigenvalue weighted by Gasteiger charge is 2.56. The molecule has 3 aromatic carbocycles. The van der Waals surface area contributed by atoms with E-state index >= 15 is 0 Å². The van der Waals surface area contributed by atoms with Crippen molar-refractivity contribution in [2.45, 2.75) is 87.4 Å². The van der Waals surface area contributed by atoms with E-state index in [0.717, 1.165) is 32.5 Å². The summed E-state index contributed by atoms with van der Waals surface area (Å²) in [5.41, 5.74) is -0.764. The maximum atomic E-state index is 13.9. The summed E-state index contributed by atoms with van der Waals surface area (Å²) < 4.78 is 53.4. The lowest BCUT2D eigenvalue weighted by atomic mass is 9.99. The van der Waals surface area contributed by atoms with E-state index in [4.69, 9.17) is 49.1 Å². The molecule has 16 heteroatoms. The Morgan fingerprint density at radius 2 is 1.07 bits per heavy atom. The first kappa shape index (κ1) is 43.4. The minimum absolute atomic E-state index is 0.138. The largest absolute Gasteiger partial charge is 0.459 e. The molecule has 5 rings (SSSR count). The van der Waals surface area contributed by atoms with E-state index in [1.54, 1.807) is 73.7 Å². The van der Waals surface area contributed by atoms with Crippen molar-refractivity contribution in [1.29, 1.82) is 0 Å². The zero-order valence-electron chi connectivity index (χ0n) is 32.0. The molecule has 2 aliphatic heterocycles. The zero-order chi connectivity index (χ0) is 41.8. The number of rotatable bonds is 14. The van der Waals surface area contributed by atoms with E-state index in [0.29, 0.717) is 0 Å². The van der Waals surface area contributed by atoms with Crippen molar-refractivity contribution >= 4 is 47.6 Å². The molecule has 0 unspecified atom stereocenters. The van der Waals surface area contributed by atoms with Gasteiger partial charge in [0.25, 0.3) is 0 Å². The predicted octanol–water partition coefficient (Wildman–Crippen LogP) is 4.31. The molecule has 2 heterocycles. The number of hydrogen-bond acceptors (Lipinski definition) is 16. The second kappa shape index (κ2) is 20.6. The molecule has 2 saturated heterocycles. The average molecular weight is 819 g/mol. The quantitative estimate of drug-likeness (QED) is 0.127. The third-order valence-corrected chi connectivity index (χ3v) is 10.3. The molecule has 10 atom stereocenters. The van der Waals surface area contributed by atoms with Gasteiger partial charge in [-0.3, -0.25) is 14.4 Å². The van der Waals surface area contributed by atoms with Crippen molar-refractivity contribution in [2.24, 2.45) is 0 Å². The number of benzene rings is 3. The van der Waals surface area contributed by atoms with Crippen molar-refractivity contribution in [3.63, 3.8) is 0 Å². The first-order valence-electron chi connectivity index (χ1n) is 18.1. The molecule has 3 aromatic rings. The van der Waals surface area contributed by atoms with Gasteiger partial charge in [0.1, 0.15) is 24.8 Å². The molecule has 2 aliphatic rings. The Balaban J connectivity index is 1.62. The molecule has 0 N–H and O–H groups in total. The molecule has 15 nitrogen and oxygen atoms in total. The fourth-order valence-corrected chi connectivity index (χ4v) is 7.88. The maximum Gasteiger partial charge on any atom is 0.338 e. The van der Waals surface area contributed by atoms with Crippen LogP contribution >= 0.6 is 11.8 Å². The third-order valence-electron chi connectivity index (χ3n) is 8.74. The summed E-state index contributed by atoms with van der Waals surface area (Å²) in [5, 5.41) is -1.20. The summed E-state index contributed by atoms with van der Waals surface area (Å²) in [4.78, 5) is 78.1. The summed E-state index contributed by atoms with van der Waals surface area (Å²) in [6.45, 7) is 4.14. The Bertz CT molecular complexity index is 1940. The van der Waals surface area contributed by atoms with Crippen LogP contribution in [-0.2, 0) is 57.0 Å². The molecule has 0 aliphatic carbocycles. The first-order chi connectivity index (χ1) is 27.9. The van der Waals surface area contributed by atoms with Crippen LogP contribution in [-0.4, -0.2) is 109 Å². The molecular formula is C42H42O15S. The Morgan fingerprint density at radius 1 is 0.603 bits per heavy atom. The average Bonchev–Trinajstić information content (AvgIpc) is 3.21. The molecule has 306 valence electrons. The number of esters is 6. The summed E-state index contributed by atoms with van der Waals surface area (Å²) in [6.07, 6.45) is -5.21. The second-order valence-corrected chi connectivity index (χ2v) is 14.3. The molecule has 0 saturated carbocycles. The van der Waals surface area contributed by atoms with Gasteiger partial charge in [0.05, 0.1) is 28.0 Å². The fourth-order valence-electron chi connectivity index (χ4n) is 6.28. The van der Waals surface area contributed by atoms with E-state index in [1.807, 2.05) is 0 Å². The minimum Gasteiger partial charge on any atom is -0.459 e. The standard InChI is InChI=1S/C42H42O15S/c1-6-22-49-41-35(57-40(48)30-20-14-9-15-21-30)34(56-39(47)29-18-12-8-13-19-29)37(31(55-41)23-50-38(46)28-16-10-7-11-17-28)58-42-36(54-27(5)45)33(53-26(4)44)32(24(2)51-42)52-25(3)43/h1,7-21,24,31-37,41-42H,22-23H2,2-5H3/t24-,31+,32-,33+,34+,35+,36+,37+,41+,42-/m0/s1. The number of carbonyl (C=O) groups excluding carboxylic acids is 6. The van der Waals surface area contributed by atoms with Crippen LogP contribution in [0, 0.1) is 12.3 Å². The highest BCUT2D eigenvalue weighted by molar-refractivity contribution is 8.00. The van der Waals surface area contributed by atoms with Gasteiger partial charge in [-0.25, -0.2) is 14.4 Å². The van der Waals surface area contributed by atoms with Gasteiger partial charge in [0.2, 0.25) is 0 Å². The van der Waals surface area contributed by atoms with Gasteiger partial charge in [-0.1, -0.05) is 60.5 Å². The Hall–Kier alpha value is -5.73. The van der Waals surface area contributed by atoms with Crippen LogP contribution in [0.5, 0.6) is 0 Å². The van der Waals surface area contributed by atoms with E-state index in [-0.39, 0.29) is 23.3 Å². The number of thioether (sulfide) groups is 1. The number of ether oxygens (including phenoxy) is 9. The minimum atomic E-state index is -1.53. The van der Waals surface area contributed by atoms with Gasteiger partial charge in [-0.15, -0.1) is 18.2 Å². The Morgan fingerprint density at radius 3 is 1.57 bits per heavy atom. The van der Waals surface area contributed by atoms with E-state index in [9.17, 15) is 28.8 Å². The van der Waals surface area contributed by atoms with Gasteiger partial charge in [0.15, 0.2) is 36.8 Å². The number of carbonyl (C=O) groups is 6. The fraction of sp³-hybridized carbons (Fsp3) is 0.381. The van der Waals surface area contributed by atoms with Gasteiger partial charge in [-0.05, 0) is 43.3 Å². The summed E-state index contributed by atoms with van der Waals surface area (Å²) in [7, 11) is 0. The lowest BCUT2D eigenvalue weighted by Crippen LogP contribution is -2.63.